The highest BCUT2D eigenvalue weighted by molar-refractivity contribution is 7.12. The number of amides is 1. The lowest BCUT2D eigenvalue weighted by Crippen LogP contribution is -2.24. The SMILES string of the molecule is NC(=Nc1cccc(NC(=O)c2sccc2NCc2ccnc3ccccc23)c1)OCC(F)(F)F. The number of benzene rings is 2. The summed E-state index contributed by atoms with van der Waals surface area (Å²) in [6.07, 6.45) is -2.77. The minimum atomic E-state index is -4.52. The first-order valence-electron chi connectivity index (χ1n) is 10.4. The first-order valence-corrected chi connectivity index (χ1v) is 11.3. The molecule has 180 valence electrons. The molecular formula is C24H20F3N5O2S. The molecule has 0 spiro atoms. The van der Waals surface area contributed by atoms with Crippen LogP contribution in [0.2, 0.25) is 0 Å². The highest BCUT2D eigenvalue weighted by atomic mass is 32.1. The summed E-state index contributed by atoms with van der Waals surface area (Å²) in [6, 6.07) is 17.2. The molecule has 2 heterocycles. The van der Waals surface area contributed by atoms with Crippen LogP contribution in [-0.4, -0.2) is 29.7 Å². The van der Waals surface area contributed by atoms with Gasteiger partial charge in [0, 0.05) is 23.8 Å². The number of nitrogens with zero attached hydrogens (tertiary/aromatic N) is 2. The number of anilines is 2. The molecule has 0 radical (unpaired) electrons. The average molecular weight is 500 g/mol. The van der Waals surface area contributed by atoms with Crippen molar-refractivity contribution >= 4 is 51.2 Å². The largest absolute Gasteiger partial charge is 0.456 e. The Morgan fingerprint density at radius 1 is 1.11 bits per heavy atom. The molecule has 0 aliphatic rings. The number of thiophene rings is 1. The number of fused-ring (bicyclic) bond motifs is 1. The lowest BCUT2D eigenvalue weighted by molar-refractivity contribution is -0.156. The number of aromatic nitrogens is 1. The summed E-state index contributed by atoms with van der Waals surface area (Å²) in [5.74, 6) is -0.343. The summed E-state index contributed by atoms with van der Waals surface area (Å²) < 4.78 is 41.2. The molecule has 7 nitrogen and oxygen atoms in total. The molecule has 0 saturated heterocycles. The number of carbonyl (C=O) groups excluding carboxylic acids is 1. The fourth-order valence-corrected chi connectivity index (χ4v) is 4.05. The van der Waals surface area contributed by atoms with Crippen LogP contribution in [0.5, 0.6) is 0 Å². The fraction of sp³-hybridized carbons (Fsp3) is 0.125. The Hall–Kier alpha value is -4.12. The topological polar surface area (TPSA) is 102 Å². The van der Waals surface area contributed by atoms with E-state index in [-0.39, 0.29) is 11.6 Å². The van der Waals surface area contributed by atoms with Crippen LogP contribution < -0.4 is 16.4 Å². The second-order valence-corrected chi connectivity index (χ2v) is 8.28. The Morgan fingerprint density at radius 3 is 2.77 bits per heavy atom. The van der Waals surface area contributed by atoms with E-state index < -0.39 is 18.8 Å². The highest BCUT2D eigenvalue weighted by Crippen LogP contribution is 2.26. The maximum atomic E-state index is 12.9. The number of hydrogen-bond acceptors (Lipinski definition) is 6. The number of rotatable bonds is 7. The van der Waals surface area contributed by atoms with Crippen molar-refractivity contribution < 1.29 is 22.7 Å². The maximum Gasteiger partial charge on any atom is 0.422 e. The Balaban J connectivity index is 1.42. The summed E-state index contributed by atoms with van der Waals surface area (Å²) in [5, 5.41) is 8.91. The Bertz CT molecular complexity index is 1370. The Kier molecular flexibility index (Phi) is 7.16. The van der Waals surface area contributed by atoms with Gasteiger partial charge in [-0.05, 0) is 47.3 Å². The molecule has 0 fully saturated rings. The number of aliphatic imine (C=N–C) groups is 1. The molecule has 4 N–H and O–H groups in total. The molecule has 4 rings (SSSR count). The fourth-order valence-electron chi connectivity index (χ4n) is 3.28. The molecule has 0 aliphatic carbocycles. The highest BCUT2D eigenvalue weighted by Gasteiger charge is 2.28. The van der Waals surface area contributed by atoms with Crippen molar-refractivity contribution in [3.63, 3.8) is 0 Å². The molecule has 4 aromatic rings. The average Bonchev–Trinajstić information content (AvgIpc) is 3.30. The van der Waals surface area contributed by atoms with Gasteiger partial charge in [0.05, 0.1) is 16.9 Å². The summed E-state index contributed by atoms with van der Waals surface area (Å²) in [5.41, 5.74) is 8.65. The number of carbonyl (C=O) groups is 1. The molecule has 0 saturated carbocycles. The van der Waals surface area contributed by atoms with E-state index in [1.807, 2.05) is 36.4 Å². The molecule has 0 atom stereocenters. The van der Waals surface area contributed by atoms with E-state index in [0.29, 0.717) is 22.8 Å². The second kappa shape index (κ2) is 10.4. The summed E-state index contributed by atoms with van der Waals surface area (Å²) in [4.78, 5) is 21.5. The molecule has 11 heteroatoms. The number of nitrogens with two attached hydrogens (primary N) is 1. The van der Waals surface area contributed by atoms with Crippen molar-refractivity contribution in [2.75, 3.05) is 17.2 Å². The van der Waals surface area contributed by atoms with Gasteiger partial charge in [0.25, 0.3) is 11.9 Å². The normalized spacial score (nSPS) is 11.9. The van der Waals surface area contributed by atoms with E-state index in [2.05, 4.69) is 25.3 Å². The first-order chi connectivity index (χ1) is 16.8. The maximum absolute atomic E-state index is 12.9. The third-order valence-electron chi connectivity index (χ3n) is 4.81. The third kappa shape index (κ3) is 6.48. The van der Waals surface area contributed by atoms with Gasteiger partial charge in [-0.15, -0.1) is 11.3 Å². The first kappa shape index (κ1) is 24.0. The van der Waals surface area contributed by atoms with Crippen molar-refractivity contribution in [1.82, 2.24) is 4.98 Å². The molecular weight excluding hydrogens is 479 g/mol. The van der Waals surface area contributed by atoms with Crippen LogP contribution in [0.1, 0.15) is 15.2 Å². The van der Waals surface area contributed by atoms with Crippen LogP contribution in [0.25, 0.3) is 10.9 Å². The summed E-state index contributed by atoms with van der Waals surface area (Å²) >= 11 is 1.28. The van der Waals surface area contributed by atoms with Crippen LogP contribution in [0.3, 0.4) is 0 Å². The van der Waals surface area contributed by atoms with Gasteiger partial charge in [0.1, 0.15) is 4.88 Å². The zero-order valence-electron chi connectivity index (χ0n) is 18.2. The van der Waals surface area contributed by atoms with Gasteiger partial charge < -0.3 is 21.1 Å². The quantitative estimate of drug-likeness (QED) is 0.224. The van der Waals surface area contributed by atoms with Gasteiger partial charge in [0.15, 0.2) is 6.61 Å². The number of ether oxygens (including phenoxy) is 1. The van der Waals surface area contributed by atoms with Crippen LogP contribution in [0.4, 0.5) is 30.2 Å². The third-order valence-corrected chi connectivity index (χ3v) is 5.72. The number of nitrogens with one attached hydrogen (secondary N) is 2. The van der Waals surface area contributed by atoms with Crippen molar-refractivity contribution in [3.05, 3.63) is 82.7 Å². The van der Waals surface area contributed by atoms with Crippen molar-refractivity contribution in [3.8, 4) is 0 Å². The van der Waals surface area contributed by atoms with Crippen LogP contribution in [0.15, 0.2) is 77.2 Å². The molecule has 2 aromatic heterocycles. The van der Waals surface area contributed by atoms with Crippen LogP contribution in [-0.2, 0) is 11.3 Å². The predicted octanol–water partition coefficient (Wildman–Crippen LogP) is 5.69. The number of alkyl halides is 3. The summed E-state index contributed by atoms with van der Waals surface area (Å²) in [7, 11) is 0. The van der Waals surface area contributed by atoms with E-state index in [0.717, 1.165) is 16.5 Å². The number of pyridine rings is 1. The monoisotopic (exact) mass is 499 g/mol. The molecule has 2 aromatic carbocycles. The number of halogens is 3. The van der Waals surface area contributed by atoms with E-state index >= 15 is 0 Å². The summed E-state index contributed by atoms with van der Waals surface area (Å²) in [6.45, 7) is -1.04. The Morgan fingerprint density at radius 2 is 1.94 bits per heavy atom. The van der Waals surface area contributed by atoms with Crippen LogP contribution in [0, 0.1) is 0 Å². The lowest BCUT2D eigenvalue weighted by Gasteiger charge is -2.11. The van der Waals surface area contributed by atoms with Gasteiger partial charge >= 0.3 is 6.18 Å². The van der Waals surface area contributed by atoms with Gasteiger partial charge in [-0.25, -0.2) is 0 Å². The standard InChI is InChI=1S/C24H20F3N5O2S/c25-24(26,27)14-34-23(28)32-17-5-3-4-16(12-17)31-22(33)21-20(9-11-35-21)30-13-15-8-10-29-19-7-2-1-6-18(15)19/h1-12,30H,13-14H2,(H2,28,32)(H,31,33). The zero-order valence-corrected chi connectivity index (χ0v) is 19.0. The number of para-hydroxylation sites is 1. The minimum Gasteiger partial charge on any atom is -0.456 e. The van der Waals surface area contributed by atoms with E-state index in [4.69, 9.17) is 5.73 Å². The van der Waals surface area contributed by atoms with Gasteiger partial charge in [-0.3, -0.25) is 9.78 Å². The van der Waals surface area contributed by atoms with Crippen molar-refractivity contribution in [1.29, 1.82) is 0 Å². The molecule has 0 unspecified atom stereocenters. The zero-order chi connectivity index (χ0) is 24.8. The smallest absolute Gasteiger partial charge is 0.422 e. The van der Waals surface area contributed by atoms with E-state index in [9.17, 15) is 18.0 Å². The van der Waals surface area contributed by atoms with E-state index in [1.54, 1.807) is 23.7 Å². The lowest BCUT2D eigenvalue weighted by atomic mass is 10.1. The van der Waals surface area contributed by atoms with Crippen molar-refractivity contribution in [2.45, 2.75) is 12.7 Å². The Labute approximate surface area is 202 Å². The molecule has 1 amide bonds. The second-order valence-electron chi connectivity index (χ2n) is 7.36. The molecule has 0 aliphatic heterocycles. The number of amidine groups is 1. The van der Waals surface area contributed by atoms with Gasteiger partial charge in [-0.1, -0.05) is 24.3 Å². The molecule has 0 bridgehead atoms. The predicted molar refractivity (Wildman–Crippen MR) is 131 cm³/mol. The van der Waals surface area contributed by atoms with Gasteiger partial charge in [0.2, 0.25) is 0 Å². The number of hydrogen-bond donors (Lipinski definition) is 3. The molecule has 35 heavy (non-hydrogen) atoms. The van der Waals surface area contributed by atoms with E-state index in [1.165, 1.54) is 23.5 Å². The van der Waals surface area contributed by atoms with Gasteiger partial charge in [-0.2, -0.15) is 18.2 Å². The minimum absolute atomic E-state index is 0.233. The van der Waals surface area contributed by atoms with Crippen molar-refractivity contribution in [2.24, 2.45) is 10.7 Å². The van der Waals surface area contributed by atoms with Crippen LogP contribution >= 0.6 is 11.3 Å².